The van der Waals surface area contributed by atoms with E-state index in [2.05, 4.69) is 35.1 Å². The van der Waals surface area contributed by atoms with Gasteiger partial charge < -0.3 is 9.90 Å². The summed E-state index contributed by atoms with van der Waals surface area (Å²) in [7, 11) is 0. The molecule has 1 atom stereocenters. The van der Waals surface area contributed by atoms with Crippen molar-refractivity contribution in [2.75, 3.05) is 72.0 Å². The normalized spacial score (nSPS) is 20.8. The van der Waals surface area contributed by atoms with Gasteiger partial charge in [0.2, 0.25) is 0 Å². The van der Waals surface area contributed by atoms with E-state index in [1.54, 1.807) is 0 Å². The first-order valence-electron chi connectivity index (χ1n) is 10.7. The van der Waals surface area contributed by atoms with E-state index in [0.29, 0.717) is 25.7 Å². The summed E-state index contributed by atoms with van der Waals surface area (Å²) in [5.74, 6) is -0.793. The lowest BCUT2D eigenvalue weighted by Crippen LogP contribution is -2.49. The summed E-state index contributed by atoms with van der Waals surface area (Å²) >= 11 is 0. The first-order chi connectivity index (χ1) is 13.5. The van der Waals surface area contributed by atoms with Crippen molar-refractivity contribution in [1.82, 2.24) is 19.6 Å². The van der Waals surface area contributed by atoms with E-state index in [1.165, 1.54) is 6.42 Å². The van der Waals surface area contributed by atoms with Crippen LogP contribution >= 0.6 is 0 Å². The summed E-state index contributed by atoms with van der Waals surface area (Å²) in [5.41, 5.74) is 0. The summed E-state index contributed by atoms with van der Waals surface area (Å²) in [6.07, 6.45) is 6.32. The second kappa shape index (κ2) is 14.7. The minimum Gasteiger partial charge on any atom is -0.480 e. The Labute approximate surface area is 170 Å². The van der Waals surface area contributed by atoms with Gasteiger partial charge in [0, 0.05) is 64.9 Å². The number of hydrogen-bond acceptors (Lipinski definition) is 6. The molecule has 0 aromatic rings. The van der Waals surface area contributed by atoms with Crippen molar-refractivity contribution in [3.8, 4) is 0 Å². The molecular formula is C21H40N4O3. The van der Waals surface area contributed by atoms with Gasteiger partial charge in [0.05, 0.1) is 13.1 Å². The predicted molar refractivity (Wildman–Crippen MR) is 114 cm³/mol. The van der Waals surface area contributed by atoms with Gasteiger partial charge in [-0.05, 0) is 12.8 Å². The van der Waals surface area contributed by atoms with Crippen LogP contribution in [0.15, 0.2) is 12.7 Å². The second-order valence-electron chi connectivity index (χ2n) is 7.61. The molecule has 1 heterocycles. The zero-order valence-electron chi connectivity index (χ0n) is 17.9. The minimum atomic E-state index is -0.793. The molecule has 1 saturated heterocycles. The molecule has 1 fully saturated rings. The first kappa shape index (κ1) is 24.8. The van der Waals surface area contributed by atoms with Gasteiger partial charge in [0.15, 0.2) is 0 Å². The lowest BCUT2D eigenvalue weighted by atomic mass is 10.1. The molecule has 1 aliphatic heterocycles. The van der Waals surface area contributed by atoms with Crippen LogP contribution < -0.4 is 0 Å². The molecule has 0 radical (unpaired) electrons. The summed E-state index contributed by atoms with van der Waals surface area (Å²) in [6.45, 7) is 16.3. The van der Waals surface area contributed by atoms with Crippen LogP contribution in [0.4, 0.5) is 0 Å². The van der Waals surface area contributed by atoms with Gasteiger partial charge >= 0.3 is 5.97 Å². The summed E-state index contributed by atoms with van der Waals surface area (Å²) in [6, 6.07) is 0.539. The molecular weight excluding hydrogens is 356 g/mol. The highest BCUT2D eigenvalue weighted by atomic mass is 16.4. The summed E-state index contributed by atoms with van der Waals surface area (Å²) in [4.78, 5) is 31.4. The molecule has 0 aromatic carbocycles. The Bertz CT molecular complexity index is 461. The van der Waals surface area contributed by atoms with E-state index in [0.717, 1.165) is 64.9 Å². The maximum Gasteiger partial charge on any atom is 0.317 e. The number of hydrogen-bond donors (Lipinski definition) is 1. The third-order valence-electron chi connectivity index (χ3n) is 5.56. The molecule has 7 nitrogen and oxygen atoms in total. The van der Waals surface area contributed by atoms with E-state index < -0.39 is 5.97 Å². The van der Waals surface area contributed by atoms with Crippen molar-refractivity contribution in [2.45, 2.75) is 39.2 Å². The van der Waals surface area contributed by atoms with Gasteiger partial charge in [-0.3, -0.25) is 24.4 Å². The molecule has 28 heavy (non-hydrogen) atoms. The fraction of sp³-hybridized carbons (Fsp3) is 0.810. The first-order valence-corrected chi connectivity index (χ1v) is 10.7. The molecule has 0 aromatic heterocycles. The van der Waals surface area contributed by atoms with Crippen LogP contribution in [0.25, 0.3) is 0 Å². The van der Waals surface area contributed by atoms with Crippen molar-refractivity contribution < 1.29 is 14.7 Å². The molecule has 0 bridgehead atoms. The number of nitrogens with zero attached hydrogens (tertiary/aromatic N) is 4. The average Bonchev–Trinajstić information content (AvgIpc) is 2.66. The highest BCUT2D eigenvalue weighted by Crippen LogP contribution is 2.12. The quantitative estimate of drug-likeness (QED) is 0.440. The van der Waals surface area contributed by atoms with Crippen LogP contribution in [0, 0.1) is 0 Å². The Morgan fingerprint density at radius 2 is 1.50 bits per heavy atom. The third-order valence-corrected chi connectivity index (χ3v) is 5.56. The lowest BCUT2D eigenvalue weighted by molar-refractivity contribution is -0.138. The highest BCUT2D eigenvalue weighted by molar-refractivity contribution is 5.69. The molecule has 0 spiro atoms. The Kier molecular flexibility index (Phi) is 13.0. The standard InChI is InChI=1S/C21H40N4O3/c1-4-7-20(6-3)25-15-13-22(8-5-2)9-10-23(17-18-26)11-12-24(14-16-25)19-21(27)28/h5,18,20H,2,4,6-17,19H2,1,3H3,(H,27,28). The van der Waals surface area contributed by atoms with E-state index in [-0.39, 0.29) is 6.54 Å². The molecule has 1 rings (SSSR count). The van der Waals surface area contributed by atoms with Crippen LogP contribution in [0.5, 0.6) is 0 Å². The van der Waals surface area contributed by atoms with Crippen molar-refractivity contribution in [3.63, 3.8) is 0 Å². The largest absolute Gasteiger partial charge is 0.480 e. The fourth-order valence-corrected chi connectivity index (χ4v) is 3.90. The van der Waals surface area contributed by atoms with Crippen LogP contribution in [0.2, 0.25) is 0 Å². The predicted octanol–water partition coefficient (Wildman–Crippen LogP) is 1.26. The van der Waals surface area contributed by atoms with Gasteiger partial charge in [0.25, 0.3) is 0 Å². The molecule has 0 aliphatic carbocycles. The average molecular weight is 397 g/mol. The second-order valence-corrected chi connectivity index (χ2v) is 7.61. The SMILES string of the molecule is C=CCN1CCN(CC=O)CCN(CC(=O)O)CCN(C(CC)CCC)CC1. The molecule has 162 valence electrons. The van der Waals surface area contributed by atoms with E-state index >= 15 is 0 Å². The fourth-order valence-electron chi connectivity index (χ4n) is 3.90. The smallest absolute Gasteiger partial charge is 0.317 e. The van der Waals surface area contributed by atoms with Crippen molar-refractivity contribution in [2.24, 2.45) is 0 Å². The number of carboxylic acids is 1. The third kappa shape index (κ3) is 9.78. The topological polar surface area (TPSA) is 67.3 Å². The van der Waals surface area contributed by atoms with E-state index in [1.807, 2.05) is 11.0 Å². The Morgan fingerprint density at radius 3 is 2.00 bits per heavy atom. The van der Waals surface area contributed by atoms with Gasteiger partial charge in [-0.25, -0.2) is 0 Å². The monoisotopic (exact) mass is 396 g/mol. The van der Waals surface area contributed by atoms with Gasteiger partial charge in [-0.1, -0.05) is 26.3 Å². The number of rotatable bonds is 10. The van der Waals surface area contributed by atoms with Crippen molar-refractivity contribution in [3.05, 3.63) is 12.7 Å². The molecule has 7 heteroatoms. The zero-order chi connectivity index (χ0) is 20.8. The number of carbonyl (C=O) groups excluding carboxylic acids is 1. The van der Waals surface area contributed by atoms with Gasteiger partial charge in [0.1, 0.15) is 6.29 Å². The van der Waals surface area contributed by atoms with Crippen LogP contribution in [-0.2, 0) is 9.59 Å². The van der Waals surface area contributed by atoms with Crippen LogP contribution in [0.3, 0.4) is 0 Å². The van der Waals surface area contributed by atoms with Crippen molar-refractivity contribution in [1.29, 1.82) is 0 Å². The van der Waals surface area contributed by atoms with Crippen LogP contribution in [0.1, 0.15) is 33.1 Å². The molecule has 1 N–H and O–H groups in total. The number of carboxylic acid groups (broad SMARTS) is 1. The Morgan fingerprint density at radius 1 is 0.964 bits per heavy atom. The maximum atomic E-state index is 11.3. The zero-order valence-corrected chi connectivity index (χ0v) is 17.9. The molecule has 1 aliphatic rings. The van der Waals surface area contributed by atoms with E-state index in [9.17, 15) is 14.7 Å². The van der Waals surface area contributed by atoms with Gasteiger partial charge in [-0.15, -0.1) is 6.58 Å². The van der Waals surface area contributed by atoms with Crippen molar-refractivity contribution >= 4 is 12.3 Å². The van der Waals surface area contributed by atoms with Gasteiger partial charge in [-0.2, -0.15) is 0 Å². The number of aldehydes is 1. The van der Waals surface area contributed by atoms with E-state index in [4.69, 9.17) is 0 Å². The maximum absolute atomic E-state index is 11.3. The molecule has 1 unspecified atom stereocenters. The summed E-state index contributed by atoms with van der Waals surface area (Å²) in [5, 5.41) is 9.28. The summed E-state index contributed by atoms with van der Waals surface area (Å²) < 4.78 is 0. The molecule has 0 amide bonds. The van der Waals surface area contributed by atoms with Crippen LogP contribution in [-0.4, -0.2) is 115 Å². The molecule has 0 saturated carbocycles. The highest BCUT2D eigenvalue weighted by Gasteiger charge is 2.21. The number of carbonyl (C=O) groups is 2. The Balaban J connectivity index is 2.91. The Hall–Kier alpha value is -1.28. The minimum absolute atomic E-state index is 0.0515. The lowest BCUT2D eigenvalue weighted by Gasteiger charge is -2.36. The number of aliphatic carboxylic acids is 1.